The molecule has 1 aliphatic rings. The van der Waals surface area contributed by atoms with Gasteiger partial charge in [-0.15, -0.1) is 0 Å². The first kappa shape index (κ1) is 13.0. The van der Waals surface area contributed by atoms with Gasteiger partial charge in [-0.1, -0.05) is 18.2 Å². The van der Waals surface area contributed by atoms with Gasteiger partial charge >= 0.3 is 0 Å². The molecule has 0 saturated heterocycles. The zero-order valence-corrected chi connectivity index (χ0v) is 11.3. The molecule has 0 fully saturated rings. The van der Waals surface area contributed by atoms with Gasteiger partial charge in [0.2, 0.25) is 0 Å². The first-order chi connectivity index (χ1) is 8.74. The normalized spacial score (nSPS) is 16.8. The van der Waals surface area contributed by atoms with Crippen LogP contribution in [0.25, 0.3) is 0 Å². The summed E-state index contributed by atoms with van der Waals surface area (Å²) < 4.78 is 10.7. The molecular formula is C15H21NO2. The molecule has 1 aromatic rings. The van der Waals surface area contributed by atoms with Crippen molar-refractivity contribution in [3.63, 3.8) is 0 Å². The molecule has 3 heteroatoms. The van der Waals surface area contributed by atoms with Crippen LogP contribution in [0.3, 0.4) is 0 Å². The first-order valence-electron chi connectivity index (χ1n) is 6.37. The lowest BCUT2D eigenvalue weighted by molar-refractivity contribution is 0.381. The molecule has 98 valence electrons. The van der Waals surface area contributed by atoms with E-state index >= 15 is 0 Å². The molecule has 0 heterocycles. The van der Waals surface area contributed by atoms with E-state index in [1.165, 1.54) is 5.56 Å². The van der Waals surface area contributed by atoms with Crippen LogP contribution in [0, 0.1) is 0 Å². The number of ether oxygens (including phenoxy) is 2. The Kier molecular flexibility index (Phi) is 4.26. The van der Waals surface area contributed by atoms with E-state index in [2.05, 4.69) is 30.5 Å². The third-order valence-corrected chi connectivity index (χ3v) is 3.40. The van der Waals surface area contributed by atoms with Crippen LogP contribution in [-0.4, -0.2) is 20.3 Å². The summed E-state index contributed by atoms with van der Waals surface area (Å²) >= 11 is 0. The number of methoxy groups -OCH3 is 2. The van der Waals surface area contributed by atoms with Crippen molar-refractivity contribution in [1.29, 1.82) is 0 Å². The molecule has 0 bridgehead atoms. The molecule has 0 radical (unpaired) electrons. The van der Waals surface area contributed by atoms with Crippen LogP contribution in [0.1, 0.15) is 31.4 Å². The first-order valence-corrected chi connectivity index (χ1v) is 6.37. The Bertz CT molecular complexity index is 421. The molecule has 2 rings (SSSR count). The van der Waals surface area contributed by atoms with Crippen LogP contribution in [0.4, 0.5) is 0 Å². The molecule has 1 N–H and O–H groups in total. The highest BCUT2D eigenvalue weighted by Gasteiger charge is 2.17. The Morgan fingerprint density at radius 2 is 1.89 bits per heavy atom. The molecule has 0 aromatic heterocycles. The number of hydrogen-bond acceptors (Lipinski definition) is 3. The fourth-order valence-corrected chi connectivity index (χ4v) is 2.37. The Morgan fingerprint density at radius 1 is 1.17 bits per heavy atom. The topological polar surface area (TPSA) is 30.5 Å². The Morgan fingerprint density at radius 3 is 2.50 bits per heavy atom. The van der Waals surface area contributed by atoms with Crippen LogP contribution in [-0.2, 0) is 0 Å². The van der Waals surface area contributed by atoms with Gasteiger partial charge < -0.3 is 14.8 Å². The summed E-state index contributed by atoms with van der Waals surface area (Å²) in [6, 6.07) is 6.80. The summed E-state index contributed by atoms with van der Waals surface area (Å²) in [6.45, 7) is 2.17. The van der Waals surface area contributed by atoms with Gasteiger partial charge in [-0.05, 0) is 25.8 Å². The summed E-state index contributed by atoms with van der Waals surface area (Å²) in [6.07, 6.45) is 6.69. The van der Waals surface area contributed by atoms with Crippen molar-refractivity contribution in [2.24, 2.45) is 0 Å². The highest BCUT2D eigenvalue weighted by molar-refractivity contribution is 5.42. The van der Waals surface area contributed by atoms with E-state index in [4.69, 9.17) is 9.47 Å². The van der Waals surface area contributed by atoms with Crippen molar-refractivity contribution in [1.82, 2.24) is 5.32 Å². The third-order valence-electron chi connectivity index (χ3n) is 3.40. The van der Waals surface area contributed by atoms with E-state index < -0.39 is 0 Å². The smallest absolute Gasteiger partial charge is 0.127 e. The number of nitrogens with one attached hydrogen (secondary N) is 1. The number of hydrogen-bond donors (Lipinski definition) is 1. The molecule has 18 heavy (non-hydrogen) atoms. The second-order valence-corrected chi connectivity index (χ2v) is 4.64. The van der Waals surface area contributed by atoms with Crippen molar-refractivity contribution in [2.45, 2.75) is 31.8 Å². The fourth-order valence-electron chi connectivity index (χ4n) is 2.37. The van der Waals surface area contributed by atoms with Crippen molar-refractivity contribution in [3.05, 3.63) is 35.9 Å². The minimum Gasteiger partial charge on any atom is -0.497 e. The van der Waals surface area contributed by atoms with Crippen molar-refractivity contribution >= 4 is 0 Å². The summed E-state index contributed by atoms with van der Waals surface area (Å²) in [5.74, 6) is 1.70. The average molecular weight is 247 g/mol. The van der Waals surface area contributed by atoms with Crippen LogP contribution >= 0.6 is 0 Å². The van der Waals surface area contributed by atoms with Gasteiger partial charge in [-0.2, -0.15) is 0 Å². The standard InChI is InChI=1S/C15H21NO2/c1-11(16-12-6-4-5-7-12)14-9-8-13(17-2)10-15(14)18-3/h4-5,8-12,16H,6-7H2,1-3H3. The minimum atomic E-state index is 0.274. The van der Waals surface area contributed by atoms with Gasteiger partial charge in [-0.3, -0.25) is 0 Å². The lowest BCUT2D eigenvalue weighted by atomic mass is 10.1. The zero-order valence-electron chi connectivity index (χ0n) is 11.3. The van der Waals surface area contributed by atoms with E-state index in [1.54, 1.807) is 14.2 Å². The largest absolute Gasteiger partial charge is 0.497 e. The maximum absolute atomic E-state index is 5.44. The van der Waals surface area contributed by atoms with E-state index in [0.29, 0.717) is 6.04 Å². The van der Waals surface area contributed by atoms with Crippen LogP contribution in [0.5, 0.6) is 11.5 Å². The Balaban J connectivity index is 2.10. The fraction of sp³-hybridized carbons (Fsp3) is 0.467. The lowest BCUT2D eigenvalue weighted by Gasteiger charge is -2.21. The van der Waals surface area contributed by atoms with E-state index in [9.17, 15) is 0 Å². The average Bonchev–Trinajstić information content (AvgIpc) is 2.90. The van der Waals surface area contributed by atoms with Gasteiger partial charge in [0.1, 0.15) is 11.5 Å². The number of benzene rings is 1. The Labute approximate surface area is 109 Å². The van der Waals surface area contributed by atoms with Gasteiger partial charge in [-0.25, -0.2) is 0 Å². The second kappa shape index (κ2) is 5.91. The van der Waals surface area contributed by atoms with Crippen molar-refractivity contribution < 1.29 is 9.47 Å². The van der Waals surface area contributed by atoms with Crippen LogP contribution in [0.15, 0.2) is 30.4 Å². The van der Waals surface area contributed by atoms with Crippen LogP contribution in [0.2, 0.25) is 0 Å². The number of rotatable bonds is 5. The Hall–Kier alpha value is -1.48. The van der Waals surface area contributed by atoms with Gasteiger partial charge in [0.05, 0.1) is 14.2 Å². The van der Waals surface area contributed by atoms with Gasteiger partial charge in [0, 0.05) is 23.7 Å². The molecule has 0 amide bonds. The zero-order chi connectivity index (χ0) is 13.0. The molecule has 1 unspecified atom stereocenters. The molecule has 3 nitrogen and oxygen atoms in total. The summed E-state index contributed by atoms with van der Waals surface area (Å²) in [5, 5.41) is 3.62. The quantitative estimate of drug-likeness (QED) is 0.811. The van der Waals surface area contributed by atoms with Crippen molar-refractivity contribution in [2.75, 3.05) is 14.2 Å². The van der Waals surface area contributed by atoms with E-state index in [0.717, 1.165) is 24.3 Å². The maximum Gasteiger partial charge on any atom is 0.127 e. The predicted molar refractivity (Wildman–Crippen MR) is 73.3 cm³/mol. The minimum absolute atomic E-state index is 0.274. The summed E-state index contributed by atoms with van der Waals surface area (Å²) in [7, 11) is 3.36. The van der Waals surface area contributed by atoms with E-state index in [1.807, 2.05) is 12.1 Å². The molecule has 0 saturated carbocycles. The second-order valence-electron chi connectivity index (χ2n) is 4.64. The van der Waals surface area contributed by atoms with Crippen molar-refractivity contribution in [3.8, 4) is 11.5 Å². The molecule has 1 atom stereocenters. The SMILES string of the molecule is COc1ccc(C(C)NC2CC=CC2)c(OC)c1. The summed E-state index contributed by atoms with van der Waals surface area (Å²) in [4.78, 5) is 0. The van der Waals surface area contributed by atoms with Gasteiger partial charge in [0.25, 0.3) is 0 Å². The highest BCUT2D eigenvalue weighted by atomic mass is 16.5. The third kappa shape index (κ3) is 2.85. The van der Waals surface area contributed by atoms with E-state index in [-0.39, 0.29) is 6.04 Å². The van der Waals surface area contributed by atoms with Crippen LogP contribution < -0.4 is 14.8 Å². The monoisotopic (exact) mass is 247 g/mol. The molecule has 1 aromatic carbocycles. The molecule has 0 spiro atoms. The molecule has 1 aliphatic carbocycles. The van der Waals surface area contributed by atoms with Gasteiger partial charge in [0.15, 0.2) is 0 Å². The highest BCUT2D eigenvalue weighted by Crippen LogP contribution is 2.30. The lowest BCUT2D eigenvalue weighted by Crippen LogP contribution is -2.29. The maximum atomic E-state index is 5.44. The predicted octanol–water partition coefficient (Wildman–Crippen LogP) is 3.07. The molecule has 0 aliphatic heterocycles. The molecular weight excluding hydrogens is 226 g/mol. The summed E-state index contributed by atoms with van der Waals surface area (Å²) in [5.41, 5.74) is 1.17.